The first kappa shape index (κ1) is 20.3. The van der Waals surface area contributed by atoms with Gasteiger partial charge in [-0.05, 0) is 49.2 Å². The molecule has 6 heteroatoms. The third-order valence-corrected chi connectivity index (χ3v) is 4.92. The Labute approximate surface area is 180 Å². The van der Waals surface area contributed by atoms with E-state index >= 15 is 0 Å². The van der Waals surface area contributed by atoms with Crippen molar-refractivity contribution in [3.8, 4) is 17.4 Å². The number of pyridine rings is 2. The van der Waals surface area contributed by atoms with E-state index in [4.69, 9.17) is 9.47 Å². The van der Waals surface area contributed by atoms with Gasteiger partial charge in [0.25, 0.3) is 5.91 Å². The zero-order valence-corrected chi connectivity index (χ0v) is 17.7. The van der Waals surface area contributed by atoms with Crippen molar-refractivity contribution in [1.82, 2.24) is 15.3 Å². The number of benzene rings is 2. The number of amides is 1. The van der Waals surface area contributed by atoms with E-state index in [1.165, 1.54) is 0 Å². The van der Waals surface area contributed by atoms with Crippen molar-refractivity contribution < 1.29 is 14.3 Å². The molecule has 2 aromatic heterocycles. The summed E-state index contributed by atoms with van der Waals surface area (Å²) in [4.78, 5) is 21.6. The summed E-state index contributed by atoms with van der Waals surface area (Å²) >= 11 is 0. The predicted molar refractivity (Wildman–Crippen MR) is 120 cm³/mol. The maximum atomic E-state index is 12.7. The molecule has 0 aliphatic rings. The van der Waals surface area contributed by atoms with Crippen LogP contribution in [0.2, 0.25) is 0 Å². The molecule has 1 amide bonds. The highest BCUT2D eigenvalue weighted by Gasteiger charge is 2.12. The Morgan fingerprint density at radius 3 is 2.61 bits per heavy atom. The lowest BCUT2D eigenvalue weighted by molar-refractivity contribution is 0.0950. The molecule has 156 valence electrons. The van der Waals surface area contributed by atoms with Crippen LogP contribution < -0.4 is 14.8 Å². The summed E-state index contributed by atoms with van der Waals surface area (Å²) in [5.41, 5.74) is 4.18. The number of carbonyl (C=O) groups excluding carboxylic acids is 1. The minimum absolute atomic E-state index is 0.163. The molecule has 0 aliphatic carbocycles. The fourth-order valence-electron chi connectivity index (χ4n) is 3.24. The van der Waals surface area contributed by atoms with Crippen molar-refractivity contribution in [2.75, 3.05) is 7.11 Å². The quantitative estimate of drug-likeness (QED) is 0.483. The summed E-state index contributed by atoms with van der Waals surface area (Å²) in [6.07, 6.45) is 1.68. The van der Waals surface area contributed by atoms with Crippen molar-refractivity contribution >= 4 is 16.8 Å². The fraction of sp³-hybridized carbons (Fsp3) is 0.160. The number of hydrogen-bond donors (Lipinski definition) is 1. The Morgan fingerprint density at radius 2 is 1.84 bits per heavy atom. The number of methoxy groups -OCH3 is 1. The van der Waals surface area contributed by atoms with Gasteiger partial charge in [-0.2, -0.15) is 0 Å². The monoisotopic (exact) mass is 413 g/mol. The van der Waals surface area contributed by atoms with Crippen molar-refractivity contribution in [3.05, 3.63) is 89.2 Å². The van der Waals surface area contributed by atoms with Crippen LogP contribution in [0.1, 0.15) is 27.2 Å². The number of aryl methyl sites for hydroxylation is 2. The molecule has 0 atom stereocenters. The Bertz CT molecular complexity index is 1240. The van der Waals surface area contributed by atoms with Crippen LogP contribution in [0.25, 0.3) is 10.9 Å². The topological polar surface area (TPSA) is 73.3 Å². The van der Waals surface area contributed by atoms with Crippen molar-refractivity contribution in [1.29, 1.82) is 0 Å². The van der Waals surface area contributed by atoms with Crippen molar-refractivity contribution in [2.24, 2.45) is 0 Å². The van der Waals surface area contributed by atoms with E-state index < -0.39 is 0 Å². The van der Waals surface area contributed by atoms with Gasteiger partial charge in [0, 0.05) is 30.3 Å². The van der Waals surface area contributed by atoms with Gasteiger partial charge in [0.15, 0.2) is 0 Å². The maximum absolute atomic E-state index is 12.7. The van der Waals surface area contributed by atoms with Crippen molar-refractivity contribution in [2.45, 2.75) is 20.4 Å². The Kier molecular flexibility index (Phi) is 5.80. The second-order valence-corrected chi connectivity index (χ2v) is 7.29. The standard InChI is InChI=1S/C25H23N3O3/c1-16-7-9-19-12-22(17(2)28-23(19)11-16)25(29)27-15-18-8-10-24(26-14-18)31-21-6-4-5-20(13-21)30-3/h4-14H,15H2,1-3H3,(H,27,29). The number of aromatic nitrogens is 2. The molecule has 0 fully saturated rings. The number of hydrogen-bond acceptors (Lipinski definition) is 5. The lowest BCUT2D eigenvalue weighted by Gasteiger charge is -2.10. The second-order valence-electron chi connectivity index (χ2n) is 7.29. The Morgan fingerprint density at radius 1 is 1.00 bits per heavy atom. The molecule has 0 spiro atoms. The van der Waals surface area contributed by atoms with Gasteiger partial charge in [0.2, 0.25) is 5.88 Å². The molecule has 31 heavy (non-hydrogen) atoms. The normalized spacial score (nSPS) is 10.7. The molecule has 1 N–H and O–H groups in total. The number of carbonyl (C=O) groups is 1. The van der Waals surface area contributed by atoms with Gasteiger partial charge >= 0.3 is 0 Å². The molecule has 4 rings (SSSR count). The van der Waals surface area contributed by atoms with Gasteiger partial charge < -0.3 is 14.8 Å². The summed E-state index contributed by atoms with van der Waals surface area (Å²) in [5, 5.41) is 3.89. The van der Waals surface area contributed by atoms with Gasteiger partial charge in [-0.3, -0.25) is 9.78 Å². The van der Waals surface area contributed by atoms with Crippen LogP contribution in [0.4, 0.5) is 0 Å². The van der Waals surface area contributed by atoms with Crippen LogP contribution in [0, 0.1) is 13.8 Å². The summed E-state index contributed by atoms with van der Waals surface area (Å²) < 4.78 is 10.9. The first-order chi connectivity index (χ1) is 15.0. The van der Waals surface area contributed by atoms with Gasteiger partial charge in [0.1, 0.15) is 11.5 Å². The maximum Gasteiger partial charge on any atom is 0.253 e. The average molecular weight is 413 g/mol. The van der Waals surface area contributed by atoms with E-state index in [9.17, 15) is 4.79 Å². The van der Waals surface area contributed by atoms with Crippen LogP contribution in [0.5, 0.6) is 17.4 Å². The van der Waals surface area contributed by atoms with Gasteiger partial charge in [-0.1, -0.05) is 24.3 Å². The number of rotatable bonds is 6. The Balaban J connectivity index is 1.41. The molecule has 4 aromatic rings. The summed E-state index contributed by atoms with van der Waals surface area (Å²) in [7, 11) is 1.61. The third kappa shape index (κ3) is 4.80. The predicted octanol–water partition coefficient (Wildman–Crippen LogP) is 4.98. The van der Waals surface area contributed by atoms with E-state index in [0.29, 0.717) is 35.2 Å². The Hall–Kier alpha value is -3.93. The molecule has 0 bridgehead atoms. The summed E-state index contributed by atoms with van der Waals surface area (Å²) in [6.45, 7) is 4.23. The number of nitrogens with zero attached hydrogens (tertiary/aromatic N) is 2. The van der Waals surface area contributed by atoms with Crippen LogP contribution >= 0.6 is 0 Å². The highest BCUT2D eigenvalue weighted by Crippen LogP contribution is 2.24. The number of ether oxygens (including phenoxy) is 2. The van der Waals surface area contributed by atoms with E-state index in [1.54, 1.807) is 25.4 Å². The SMILES string of the molecule is COc1cccc(Oc2ccc(CNC(=O)c3cc4ccc(C)cc4nc3C)cn2)c1. The van der Waals surface area contributed by atoms with Crippen molar-refractivity contribution in [3.63, 3.8) is 0 Å². The lowest BCUT2D eigenvalue weighted by Crippen LogP contribution is -2.24. The van der Waals surface area contributed by atoms with E-state index in [-0.39, 0.29) is 5.91 Å². The fourth-order valence-corrected chi connectivity index (χ4v) is 3.24. The molecule has 2 aromatic carbocycles. The molecule has 0 saturated heterocycles. The first-order valence-corrected chi connectivity index (χ1v) is 9.95. The number of nitrogens with one attached hydrogen (secondary N) is 1. The largest absolute Gasteiger partial charge is 0.497 e. The highest BCUT2D eigenvalue weighted by molar-refractivity contribution is 5.98. The molecule has 0 aliphatic heterocycles. The smallest absolute Gasteiger partial charge is 0.253 e. The average Bonchev–Trinajstić information content (AvgIpc) is 2.78. The molecule has 2 heterocycles. The second kappa shape index (κ2) is 8.83. The zero-order valence-electron chi connectivity index (χ0n) is 17.7. The lowest BCUT2D eigenvalue weighted by atomic mass is 10.1. The van der Waals surface area contributed by atoms with Gasteiger partial charge in [-0.15, -0.1) is 0 Å². The minimum Gasteiger partial charge on any atom is -0.497 e. The first-order valence-electron chi connectivity index (χ1n) is 9.95. The molecule has 0 saturated carbocycles. The van der Waals surface area contributed by atoms with E-state index in [0.717, 1.165) is 22.0 Å². The van der Waals surface area contributed by atoms with Crippen LogP contribution in [-0.4, -0.2) is 23.0 Å². The van der Waals surface area contributed by atoms with Gasteiger partial charge in [-0.25, -0.2) is 4.98 Å². The molecule has 0 unspecified atom stereocenters. The van der Waals surface area contributed by atoms with Crippen LogP contribution in [0.15, 0.2) is 66.9 Å². The summed E-state index contributed by atoms with van der Waals surface area (Å²) in [5.74, 6) is 1.66. The third-order valence-electron chi connectivity index (χ3n) is 4.92. The molecule has 6 nitrogen and oxygen atoms in total. The van der Waals surface area contributed by atoms with Crippen LogP contribution in [0.3, 0.4) is 0 Å². The zero-order chi connectivity index (χ0) is 21.8. The molecule has 0 radical (unpaired) electrons. The van der Waals surface area contributed by atoms with E-state index in [1.807, 2.05) is 62.4 Å². The summed E-state index contributed by atoms with van der Waals surface area (Å²) in [6, 6.07) is 18.9. The molecular weight excluding hydrogens is 390 g/mol. The minimum atomic E-state index is -0.163. The van der Waals surface area contributed by atoms with E-state index in [2.05, 4.69) is 15.3 Å². The van der Waals surface area contributed by atoms with Crippen LogP contribution in [-0.2, 0) is 6.54 Å². The molecular formula is C25H23N3O3. The number of fused-ring (bicyclic) bond motifs is 1. The van der Waals surface area contributed by atoms with Gasteiger partial charge in [0.05, 0.1) is 23.9 Å². The highest BCUT2D eigenvalue weighted by atomic mass is 16.5.